The second-order valence-corrected chi connectivity index (χ2v) is 8.38. The molecule has 0 radical (unpaired) electrons. The average Bonchev–Trinajstić information content (AvgIpc) is 3.21. The first-order valence-electron chi connectivity index (χ1n) is 8.92. The number of allylic oxidation sites excluding steroid dienone is 1. The molecule has 0 spiro atoms. The van der Waals surface area contributed by atoms with Crippen molar-refractivity contribution in [3.8, 4) is 23.3 Å². The molecular formula is C22H19Cl2NO4. The van der Waals surface area contributed by atoms with Crippen LogP contribution in [0.3, 0.4) is 0 Å². The number of benzene rings is 2. The molecule has 0 aromatic heterocycles. The van der Waals surface area contributed by atoms with Gasteiger partial charge in [-0.25, -0.2) is 0 Å². The third-order valence-corrected chi connectivity index (χ3v) is 5.33. The molecule has 29 heavy (non-hydrogen) atoms. The SMILES string of the molecule is CC1(C)C(C=C(Cl)Cl)C1C(=O)OC(C#N)c1ccc(O)c(Oc2ccccc2)c1. The number of nitriles is 1. The predicted octanol–water partition coefficient (Wildman–Crippen LogP) is 5.88. The molecule has 2 aromatic carbocycles. The smallest absolute Gasteiger partial charge is 0.311 e. The maximum atomic E-state index is 12.6. The molecule has 0 bridgehead atoms. The fourth-order valence-electron chi connectivity index (χ4n) is 3.32. The minimum absolute atomic E-state index is 0.0918. The van der Waals surface area contributed by atoms with Crippen molar-refractivity contribution in [2.24, 2.45) is 17.3 Å². The zero-order valence-corrected chi connectivity index (χ0v) is 17.3. The lowest BCUT2D eigenvalue weighted by Crippen LogP contribution is -2.14. The van der Waals surface area contributed by atoms with E-state index in [-0.39, 0.29) is 27.3 Å². The molecule has 0 aliphatic heterocycles. The number of hydrogen-bond acceptors (Lipinski definition) is 5. The first-order chi connectivity index (χ1) is 13.7. The summed E-state index contributed by atoms with van der Waals surface area (Å²) in [6.45, 7) is 3.81. The average molecular weight is 432 g/mol. The van der Waals surface area contributed by atoms with E-state index >= 15 is 0 Å². The Morgan fingerprint density at radius 2 is 1.93 bits per heavy atom. The van der Waals surface area contributed by atoms with Crippen LogP contribution in [0.1, 0.15) is 25.5 Å². The van der Waals surface area contributed by atoms with Crippen molar-refractivity contribution in [3.05, 3.63) is 64.7 Å². The highest BCUT2D eigenvalue weighted by atomic mass is 35.5. The Labute approximate surface area is 179 Å². The van der Waals surface area contributed by atoms with Gasteiger partial charge >= 0.3 is 5.97 Å². The van der Waals surface area contributed by atoms with Crippen molar-refractivity contribution in [1.29, 1.82) is 5.26 Å². The van der Waals surface area contributed by atoms with Crippen molar-refractivity contribution < 1.29 is 19.4 Å². The number of carbonyl (C=O) groups is 1. The highest BCUT2D eigenvalue weighted by Gasteiger charge is 2.62. The van der Waals surface area contributed by atoms with E-state index in [1.807, 2.05) is 26.0 Å². The Morgan fingerprint density at radius 3 is 2.55 bits per heavy atom. The van der Waals surface area contributed by atoms with Crippen LogP contribution in [-0.2, 0) is 9.53 Å². The molecule has 0 saturated heterocycles. The molecule has 5 nitrogen and oxygen atoms in total. The van der Waals surface area contributed by atoms with E-state index in [0.717, 1.165) is 0 Å². The summed E-state index contributed by atoms with van der Waals surface area (Å²) in [5.74, 6) is -0.509. The topological polar surface area (TPSA) is 79.6 Å². The van der Waals surface area contributed by atoms with E-state index in [1.165, 1.54) is 18.2 Å². The molecule has 1 saturated carbocycles. The first kappa shape index (κ1) is 21.0. The van der Waals surface area contributed by atoms with Crippen molar-refractivity contribution in [2.75, 3.05) is 0 Å². The molecule has 1 aliphatic carbocycles. The van der Waals surface area contributed by atoms with E-state index in [0.29, 0.717) is 11.3 Å². The number of nitrogens with zero attached hydrogens (tertiary/aromatic N) is 1. The summed E-state index contributed by atoms with van der Waals surface area (Å²) in [6, 6.07) is 15.3. The van der Waals surface area contributed by atoms with Crippen molar-refractivity contribution in [2.45, 2.75) is 20.0 Å². The number of ether oxygens (including phenoxy) is 2. The molecule has 1 aliphatic rings. The highest BCUT2D eigenvalue weighted by molar-refractivity contribution is 6.55. The van der Waals surface area contributed by atoms with Crippen LogP contribution in [0.15, 0.2) is 59.1 Å². The first-order valence-corrected chi connectivity index (χ1v) is 9.68. The third-order valence-electron chi connectivity index (χ3n) is 5.08. The van der Waals surface area contributed by atoms with Crippen LogP contribution in [0.25, 0.3) is 0 Å². The summed E-state index contributed by atoms with van der Waals surface area (Å²) in [5.41, 5.74) is 0.0355. The molecule has 1 N–H and O–H groups in total. The van der Waals surface area contributed by atoms with Crippen LogP contribution < -0.4 is 4.74 Å². The Balaban J connectivity index is 1.77. The van der Waals surface area contributed by atoms with Crippen molar-refractivity contribution >= 4 is 29.2 Å². The van der Waals surface area contributed by atoms with Crippen LogP contribution in [-0.4, -0.2) is 11.1 Å². The number of halogens is 2. The van der Waals surface area contributed by atoms with Gasteiger partial charge in [-0.05, 0) is 41.7 Å². The zero-order chi connectivity index (χ0) is 21.2. The molecule has 3 unspecified atom stereocenters. The van der Waals surface area contributed by atoms with Gasteiger partial charge in [-0.15, -0.1) is 0 Å². The van der Waals surface area contributed by atoms with Crippen LogP contribution in [0.2, 0.25) is 0 Å². The quantitative estimate of drug-likeness (QED) is 0.577. The molecular weight excluding hydrogens is 413 g/mol. The van der Waals surface area contributed by atoms with E-state index in [1.54, 1.807) is 30.3 Å². The molecule has 0 amide bonds. The van der Waals surface area contributed by atoms with Gasteiger partial charge in [0, 0.05) is 5.56 Å². The van der Waals surface area contributed by atoms with E-state index in [4.69, 9.17) is 32.7 Å². The minimum atomic E-state index is -1.14. The number of rotatable bonds is 6. The second kappa shape index (κ2) is 8.36. The van der Waals surface area contributed by atoms with Gasteiger partial charge in [-0.2, -0.15) is 5.26 Å². The van der Waals surface area contributed by atoms with Crippen LogP contribution in [0, 0.1) is 28.6 Å². The number of para-hydroxylation sites is 1. The Morgan fingerprint density at radius 1 is 1.24 bits per heavy atom. The number of aromatic hydroxyl groups is 1. The largest absolute Gasteiger partial charge is 0.504 e. The van der Waals surface area contributed by atoms with Gasteiger partial charge in [-0.3, -0.25) is 4.79 Å². The third kappa shape index (κ3) is 4.67. The summed E-state index contributed by atoms with van der Waals surface area (Å²) >= 11 is 11.4. The maximum absolute atomic E-state index is 12.6. The van der Waals surface area contributed by atoms with Gasteiger partial charge in [0.15, 0.2) is 11.5 Å². The van der Waals surface area contributed by atoms with E-state index in [2.05, 4.69) is 0 Å². The van der Waals surface area contributed by atoms with Crippen LogP contribution >= 0.6 is 23.2 Å². The number of esters is 1. The Bertz CT molecular complexity index is 978. The van der Waals surface area contributed by atoms with Gasteiger partial charge in [0.2, 0.25) is 6.10 Å². The highest BCUT2D eigenvalue weighted by Crippen LogP contribution is 2.60. The monoisotopic (exact) mass is 431 g/mol. The second-order valence-electron chi connectivity index (χ2n) is 7.37. The molecule has 1 fully saturated rings. The lowest BCUT2D eigenvalue weighted by atomic mass is 10.1. The summed E-state index contributed by atoms with van der Waals surface area (Å²) < 4.78 is 11.2. The van der Waals surface area contributed by atoms with Gasteiger partial charge in [0.05, 0.1) is 5.92 Å². The lowest BCUT2D eigenvalue weighted by Gasteiger charge is -2.14. The van der Waals surface area contributed by atoms with Gasteiger partial charge in [-0.1, -0.05) is 61.3 Å². The number of hydrogen-bond donors (Lipinski definition) is 1. The molecule has 3 rings (SSSR count). The number of phenols is 1. The van der Waals surface area contributed by atoms with E-state index < -0.39 is 18.0 Å². The Kier molecular flexibility index (Phi) is 6.07. The molecule has 150 valence electrons. The van der Waals surface area contributed by atoms with Gasteiger partial charge in [0.25, 0.3) is 0 Å². The Hall–Kier alpha value is -2.68. The summed E-state index contributed by atoms with van der Waals surface area (Å²) in [7, 11) is 0. The molecule has 7 heteroatoms. The molecule has 0 heterocycles. The molecule has 2 aromatic rings. The normalized spacial score (nSPS) is 20.1. The maximum Gasteiger partial charge on any atom is 0.311 e. The zero-order valence-electron chi connectivity index (χ0n) is 15.8. The lowest BCUT2D eigenvalue weighted by molar-refractivity contribution is -0.149. The van der Waals surface area contributed by atoms with Crippen molar-refractivity contribution in [1.82, 2.24) is 0 Å². The molecule has 3 atom stereocenters. The van der Waals surface area contributed by atoms with Gasteiger partial charge < -0.3 is 14.6 Å². The summed E-state index contributed by atoms with van der Waals surface area (Å²) in [6.07, 6.45) is 0.469. The standard InChI is InChI=1S/C22H19Cl2NO4/c1-22(2)15(11-19(23)24)20(22)21(27)29-18(12-25)13-8-9-16(26)17(10-13)28-14-6-4-3-5-7-14/h3-11,15,18,20,26H,1-2H3. The fraction of sp³-hybridized carbons (Fsp3) is 0.273. The van der Waals surface area contributed by atoms with Crippen molar-refractivity contribution in [3.63, 3.8) is 0 Å². The fourth-order valence-corrected chi connectivity index (χ4v) is 3.60. The summed E-state index contributed by atoms with van der Waals surface area (Å²) in [5, 5.41) is 19.6. The minimum Gasteiger partial charge on any atom is -0.504 e. The summed E-state index contributed by atoms with van der Waals surface area (Å²) in [4.78, 5) is 12.6. The van der Waals surface area contributed by atoms with Crippen LogP contribution in [0.4, 0.5) is 0 Å². The predicted molar refractivity (Wildman–Crippen MR) is 110 cm³/mol. The number of phenolic OH excluding ortho intramolecular Hbond substituents is 1. The van der Waals surface area contributed by atoms with Gasteiger partial charge in [0.1, 0.15) is 16.3 Å². The van der Waals surface area contributed by atoms with Crippen LogP contribution in [0.5, 0.6) is 17.2 Å². The number of carbonyl (C=O) groups excluding carboxylic acids is 1. The van der Waals surface area contributed by atoms with E-state index in [9.17, 15) is 15.2 Å².